The molecule has 0 spiro atoms. The van der Waals surface area contributed by atoms with Crippen LogP contribution < -0.4 is 4.31 Å². The van der Waals surface area contributed by atoms with Gasteiger partial charge >= 0.3 is 0 Å². The summed E-state index contributed by atoms with van der Waals surface area (Å²) in [7, 11) is -3.91. The summed E-state index contributed by atoms with van der Waals surface area (Å²) in [4.78, 5) is 0.123. The predicted octanol–water partition coefficient (Wildman–Crippen LogP) is 4.64. The van der Waals surface area contributed by atoms with Crippen molar-refractivity contribution in [2.75, 3.05) is 4.31 Å². The van der Waals surface area contributed by atoms with Gasteiger partial charge < -0.3 is 0 Å². The van der Waals surface area contributed by atoms with Gasteiger partial charge in [0.2, 0.25) is 0 Å². The second-order valence-corrected chi connectivity index (χ2v) is 9.12. The second-order valence-electron chi connectivity index (χ2n) is 7.29. The van der Waals surface area contributed by atoms with Crippen LogP contribution in [-0.4, -0.2) is 23.0 Å². The molecule has 0 fully saturated rings. The van der Waals surface area contributed by atoms with Gasteiger partial charge in [0, 0.05) is 6.20 Å². The number of aryl methyl sites for hydroxylation is 2. The van der Waals surface area contributed by atoms with Gasteiger partial charge in [-0.3, -0.25) is 8.71 Å². The zero-order valence-electron chi connectivity index (χ0n) is 17.6. The number of rotatable bonds is 7. The van der Waals surface area contributed by atoms with Gasteiger partial charge in [0.25, 0.3) is 10.0 Å². The quantitative estimate of drug-likeness (QED) is 0.427. The highest BCUT2D eigenvalue weighted by Gasteiger charge is 2.28. The molecule has 0 amide bonds. The molecule has 6 nitrogen and oxygen atoms in total. The van der Waals surface area contributed by atoms with Crippen LogP contribution in [-0.2, 0) is 23.0 Å². The Morgan fingerprint density at radius 3 is 2.32 bits per heavy atom. The van der Waals surface area contributed by atoms with Crippen LogP contribution in [0, 0.1) is 6.92 Å². The Morgan fingerprint density at radius 1 is 1.00 bits per heavy atom. The third kappa shape index (κ3) is 3.96. The van der Waals surface area contributed by atoms with Crippen LogP contribution in [0.5, 0.6) is 0 Å². The Bertz CT molecular complexity index is 1320. The number of aromatic nitrogens is 3. The third-order valence-electron chi connectivity index (χ3n) is 5.31. The second kappa shape index (κ2) is 8.35. The number of sulfonamides is 1. The molecule has 158 valence electrons. The number of anilines is 1. The fraction of sp³-hybridized carbons (Fsp3) is 0.167. The molecule has 0 aliphatic carbocycles. The van der Waals surface area contributed by atoms with Crippen LogP contribution in [0.3, 0.4) is 0 Å². The van der Waals surface area contributed by atoms with E-state index >= 15 is 0 Å². The van der Waals surface area contributed by atoms with Crippen molar-refractivity contribution < 1.29 is 8.42 Å². The van der Waals surface area contributed by atoms with Crippen molar-refractivity contribution in [3.8, 4) is 0 Å². The molecule has 0 unspecified atom stereocenters. The van der Waals surface area contributed by atoms with Crippen molar-refractivity contribution in [1.82, 2.24) is 14.6 Å². The van der Waals surface area contributed by atoms with E-state index in [1.54, 1.807) is 35.7 Å². The van der Waals surface area contributed by atoms with Gasteiger partial charge in [-0.1, -0.05) is 56.0 Å². The third-order valence-corrected chi connectivity index (χ3v) is 7.11. The van der Waals surface area contributed by atoms with Crippen molar-refractivity contribution in [3.63, 3.8) is 0 Å². The van der Waals surface area contributed by atoms with E-state index in [-0.39, 0.29) is 11.4 Å². The lowest BCUT2D eigenvalue weighted by Gasteiger charge is -2.25. The first kappa shape index (κ1) is 20.8. The van der Waals surface area contributed by atoms with Crippen LogP contribution in [0.25, 0.3) is 11.7 Å². The summed E-state index contributed by atoms with van der Waals surface area (Å²) < 4.78 is 30.8. The van der Waals surface area contributed by atoms with Gasteiger partial charge in [-0.2, -0.15) is 0 Å². The average Bonchev–Trinajstić information content (AvgIpc) is 3.18. The fourth-order valence-electron chi connectivity index (χ4n) is 3.46. The van der Waals surface area contributed by atoms with Crippen molar-refractivity contribution in [2.45, 2.75) is 31.7 Å². The minimum atomic E-state index is -3.91. The Hall–Kier alpha value is -3.45. The standard InChI is InChI=1S/C24H24N4O2S/c1-4-19-8-10-21(11-9-19)17-28(22-14-12-20(5-2)13-15-22)31(29,30)23-7-6-16-27-18(3)25-26-24(23)27/h4,6-16H,1,5,17H2,2-3H3. The van der Waals surface area contributed by atoms with E-state index in [0.717, 1.165) is 23.1 Å². The maximum atomic E-state index is 13.9. The largest absolute Gasteiger partial charge is 0.286 e. The van der Waals surface area contributed by atoms with E-state index in [1.165, 1.54) is 4.31 Å². The van der Waals surface area contributed by atoms with Gasteiger partial charge in [-0.15, -0.1) is 10.2 Å². The molecule has 2 aromatic heterocycles. The van der Waals surface area contributed by atoms with E-state index in [0.29, 0.717) is 17.2 Å². The molecule has 0 saturated heterocycles. The Morgan fingerprint density at radius 2 is 1.68 bits per heavy atom. The van der Waals surface area contributed by atoms with Gasteiger partial charge in [0.15, 0.2) is 5.65 Å². The molecular weight excluding hydrogens is 408 g/mol. The summed E-state index contributed by atoms with van der Waals surface area (Å²) in [6.45, 7) is 7.83. The summed E-state index contributed by atoms with van der Waals surface area (Å²) in [5, 5.41) is 8.16. The first-order valence-corrected chi connectivity index (χ1v) is 11.5. The molecule has 0 aliphatic heterocycles. The minimum absolute atomic E-state index is 0.123. The summed E-state index contributed by atoms with van der Waals surface area (Å²) in [5.41, 5.74) is 3.92. The van der Waals surface area contributed by atoms with Gasteiger partial charge in [-0.05, 0) is 54.3 Å². The molecule has 31 heavy (non-hydrogen) atoms. The lowest BCUT2D eigenvalue weighted by atomic mass is 10.1. The Labute approximate surface area is 182 Å². The van der Waals surface area contributed by atoms with Crippen LogP contribution in [0.15, 0.2) is 78.3 Å². The van der Waals surface area contributed by atoms with Crippen molar-refractivity contribution in [1.29, 1.82) is 0 Å². The molecular formula is C24H24N4O2S. The monoisotopic (exact) mass is 432 g/mol. The zero-order valence-corrected chi connectivity index (χ0v) is 18.4. The van der Waals surface area contributed by atoms with Crippen molar-refractivity contribution >= 4 is 27.4 Å². The highest BCUT2D eigenvalue weighted by Crippen LogP contribution is 2.28. The molecule has 2 heterocycles. The number of nitrogens with zero attached hydrogens (tertiary/aromatic N) is 4. The molecule has 0 radical (unpaired) electrons. The summed E-state index contributed by atoms with van der Waals surface area (Å²) in [6, 6.07) is 18.6. The molecule has 7 heteroatoms. The Balaban J connectivity index is 1.84. The minimum Gasteiger partial charge on any atom is -0.286 e. The van der Waals surface area contributed by atoms with E-state index in [2.05, 4.69) is 23.7 Å². The highest BCUT2D eigenvalue weighted by atomic mass is 32.2. The summed E-state index contributed by atoms with van der Waals surface area (Å²) in [5.74, 6) is 0.630. The zero-order chi connectivity index (χ0) is 22.0. The van der Waals surface area contributed by atoms with E-state index < -0.39 is 10.0 Å². The first-order chi connectivity index (χ1) is 14.9. The molecule has 0 atom stereocenters. The topological polar surface area (TPSA) is 67.6 Å². The van der Waals surface area contributed by atoms with Crippen LogP contribution in [0.4, 0.5) is 5.69 Å². The highest BCUT2D eigenvalue weighted by molar-refractivity contribution is 7.93. The molecule has 4 aromatic rings. The lowest BCUT2D eigenvalue weighted by Crippen LogP contribution is -2.31. The average molecular weight is 433 g/mol. The first-order valence-electron chi connectivity index (χ1n) is 10.1. The van der Waals surface area contributed by atoms with Crippen LogP contribution in [0.2, 0.25) is 0 Å². The number of hydrogen-bond donors (Lipinski definition) is 0. The number of fused-ring (bicyclic) bond motifs is 1. The van der Waals surface area contributed by atoms with Gasteiger partial charge in [0.1, 0.15) is 10.7 Å². The number of pyridine rings is 1. The molecule has 2 aromatic carbocycles. The maximum absolute atomic E-state index is 13.9. The number of benzene rings is 2. The fourth-order valence-corrected chi connectivity index (χ4v) is 5.04. The van der Waals surface area contributed by atoms with Crippen LogP contribution in [0.1, 0.15) is 29.4 Å². The maximum Gasteiger partial charge on any atom is 0.268 e. The number of hydrogen-bond acceptors (Lipinski definition) is 4. The van der Waals surface area contributed by atoms with E-state index in [9.17, 15) is 8.42 Å². The van der Waals surface area contributed by atoms with Crippen molar-refractivity contribution in [3.05, 3.63) is 96.0 Å². The SMILES string of the molecule is C=Cc1ccc(CN(c2ccc(CC)cc2)S(=O)(=O)c2cccn3c(C)nnc23)cc1. The Kier molecular flexibility index (Phi) is 5.61. The molecule has 0 N–H and O–H groups in total. The molecule has 0 bridgehead atoms. The molecule has 0 aliphatic rings. The summed E-state index contributed by atoms with van der Waals surface area (Å²) in [6.07, 6.45) is 4.41. The smallest absolute Gasteiger partial charge is 0.268 e. The predicted molar refractivity (Wildman–Crippen MR) is 123 cm³/mol. The normalized spacial score (nSPS) is 11.5. The van der Waals surface area contributed by atoms with E-state index in [4.69, 9.17) is 0 Å². The summed E-state index contributed by atoms with van der Waals surface area (Å²) >= 11 is 0. The lowest BCUT2D eigenvalue weighted by molar-refractivity contribution is 0.590. The van der Waals surface area contributed by atoms with Crippen molar-refractivity contribution in [2.24, 2.45) is 0 Å². The van der Waals surface area contributed by atoms with Crippen LogP contribution >= 0.6 is 0 Å². The van der Waals surface area contributed by atoms with E-state index in [1.807, 2.05) is 48.5 Å². The molecule has 4 rings (SSSR count). The van der Waals surface area contributed by atoms with Gasteiger partial charge in [-0.25, -0.2) is 8.42 Å². The molecule has 0 saturated carbocycles. The van der Waals surface area contributed by atoms with Gasteiger partial charge in [0.05, 0.1) is 12.2 Å².